The highest BCUT2D eigenvalue weighted by atomic mass is 35.5. The highest BCUT2D eigenvalue weighted by Gasteiger charge is 2.25. The van der Waals surface area contributed by atoms with Crippen LogP contribution in [0.1, 0.15) is 37.1 Å². The van der Waals surface area contributed by atoms with Gasteiger partial charge in [0.2, 0.25) is 0 Å². The zero-order valence-corrected chi connectivity index (χ0v) is 16.2. The molecule has 0 saturated carbocycles. The average Bonchev–Trinajstić information content (AvgIpc) is 3.33. The van der Waals surface area contributed by atoms with Crippen molar-refractivity contribution >= 4 is 11.6 Å². The van der Waals surface area contributed by atoms with Crippen LogP contribution in [-0.2, 0) is 6.54 Å². The van der Waals surface area contributed by atoms with Gasteiger partial charge in [0.15, 0.2) is 11.5 Å². The first-order chi connectivity index (χ1) is 12.7. The van der Waals surface area contributed by atoms with Crippen molar-refractivity contribution in [3.8, 4) is 11.5 Å². The number of ether oxygens (including phenoxy) is 2. The fourth-order valence-corrected chi connectivity index (χ4v) is 3.79. The molecule has 2 aromatic rings. The Morgan fingerprint density at radius 2 is 2.12 bits per heavy atom. The maximum atomic E-state index is 6.34. The van der Waals surface area contributed by atoms with Gasteiger partial charge < -0.3 is 19.2 Å². The summed E-state index contributed by atoms with van der Waals surface area (Å²) in [6, 6.07) is 8.18. The van der Waals surface area contributed by atoms with Crippen LogP contribution in [0, 0.1) is 0 Å². The van der Waals surface area contributed by atoms with E-state index in [1.165, 1.54) is 12.8 Å². The van der Waals surface area contributed by atoms with Crippen molar-refractivity contribution in [1.82, 2.24) is 10.2 Å². The number of nitrogens with zero attached hydrogens (tertiary/aromatic N) is 1. The van der Waals surface area contributed by atoms with E-state index in [9.17, 15) is 0 Å². The van der Waals surface area contributed by atoms with Crippen molar-refractivity contribution in [2.45, 2.75) is 32.4 Å². The number of methoxy groups -OCH3 is 1. The molecule has 26 heavy (non-hydrogen) atoms. The monoisotopic (exact) mass is 378 g/mol. The minimum atomic E-state index is 0.257. The highest BCUT2D eigenvalue weighted by molar-refractivity contribution is 6.32. The summed E-state index contributed by atoms with van der Waals surface area (Å²) in [5, 5.41) is 4.11. The first kappa shape index (κ1) is 19.1. The number of hydrogen-bond acceptors (Lipinski definition) is 5. The molecule has 2 heterocycles. The van der Waals surface area contributed by atoms with Gasteiger partial charge in [0.1, 0.15) is 5.76 Å². The van der Waals surface area contributed by atoms with Crippen molar-refractivity contribution in [2.24, 2.45) is 0 Å². The van der Waals surface area contributed by atoms with Crippen molar-refractivity contribution in [3.05, 3.63) is 46.9 Å². The Bertz CT molecular complexity index is 685. The number of nitrogens with one attached hydrogen (secondary N) is 1. The van der Waals surface area contributed by atoms with Crippen LogP contribution in [0.3, 0.4) is 0 Å². The lowest BCUT2D eigenvalue weighted by Crippen LogP contribution is -2.33. The van der Waals surface area contributed by atoms with Crippen molar-refractivity contribution in [1.29, 1.82) is 0 Å². The maximum Gasteiger partial charge on any atom is 0.179 e. The van der Waals surface area contributed by atoms with Gasteiger partial charge in [0, 0.05) is 13.1 Å². The van der Waals surface area contributed by atoms with Crippen LogP contribution >= 0.6 is 11.6 Å². The highest BCUT2D eigenvalue weighted by Crippen LogP contribution is 2.36. The van der Waals surface area contributed by atoms with Crippen LogP contribution in [0.25, 0.3) is 0 Å². The van der Waals surface area contributed by atoms with Crippen LogP contribution in [0.2, 0.25) is 5.02 Å². The summed E-state index contributed by atoms with van der Waals surface area (Å²) < 4.78 is 16.7. The predicted molar refractivity (Wildman–Crippen MR) is 103 cm³/mol. The lowest BCUT2D eigenvalue weighted by Gasteiger charge is -2.26. The second kappa shape index (κ2) is 9.31. The molecule has 0 amide bonds. The van der Waals surface area contributed by atoms with E-state index in [1.807, 2.05) is 25.1 Å². The fourth-order valence-electron chi connectivity index (χ4n) is 3.48. The molecule has 0 unspecified atom stereocenters. The molecule has 0 aliphatic carbocycles. The van der Waals surface area contributed by atoms with Crippen LogP contribution in [0.4, 0.5) is 0 Å². The molecular formula is C20H27ClN2O3. The van der Waals surface area contributed by atoms with Gasteiger partial charge in [-0.1, -0.05) is 11.6 Å². The molecule has 1 N–H and O–H groups in total. The van der Waals surface area contributed by atoms with Gasteiger partial charge in [-0.05, 0) is 62.7 Å². The molecule has 1 saturated heterocycles. The van der Waals surface area contributed by atoms with Crippen molar-refractivity contribution in [2.75, 3.05) is 33.4 Å². The molecular weight excluding hydrogens is 352 g/mol. The van der Waals surface area contributed by atoms with Gasteiger partial charge in [-0.25, -0.2) is 0 Å². The van der Waals surface area contributed by atoms with E-state index < -0.39 is 0 Å². The maximum absolute atomic E-state index is 6.34. The quantitative estimate of drug-likeness (QED) is 0.706. The summed E-state index contributed by atoms with van der Waals surface area (Å²) in [6.45, 7) is 6.28. The van der Waals surface area contributed by atoms with Crippen LogP contribution in [-0.4, -0.2) is 38.3 Å². The molecule has 1 atom stereocenters. The lowest BCUT2D eigenvalue weighted by atomic mass is 10.1. The van der Waals surface area contributed by atoms with Crippen LogP contribution < -0.4 is 14.8 Å². The number of rotatable bonds is 9. The largest absolute Gasteiger partial charge is 0.491 e. The third-order valence-corrected chi connectivity index (χ3v) is 4.97. The molecule has 3 rings (SSSR count). The normalized spacial score (nSPS) is 16.0. The van der Waals surface area contributed by atoms with Gasteiger partial charge in [-0.15, -0.1) is 0 Å². The van der Waals surface area contributed by atoms with Gasteiger partial charge >= 0.3 is 0 Å². The third-order valence-electron chi connectivity index (χ3n) is 4.69. The van der Waals surface area contributed by atoms with Gasteiger partial charge in [-0.3, -0.25) is 4.90 Å². The summed E-state index contributed by atoms with van der Waals surface area (Å²) in [7, 11) is 1.60. The number of halogens is 1. The van der Waals surface area contributed by atoms with Crippen LogP contribution in [0.15, 0.2) is 34.9 Å². The Hall–Kier alpha value is -1.69. The zero-order chi connectivity index (χ0) is 18.4. The average molecular weight is 379 g/mol. The summed E-state index contributed by atoms with van der Waals surface area (Å²) in [5.41, 5.74) is 1.07. The topological polar surface area (TPSA) is 46.9 Å². The second-order valence-electron chi connectivity index (χ2n) is 6.45. The summed E-state index contributed by atoms with van der Waals surface area (Å²) in [6.07, 6.45) is 4.25. The Morgan fingerprint density at radius 3 is 2.77 bits per heavy atom. The molecule has 0 radical (unpaired) electrons. The standard InChI is InChI=1S/C20H27ClN2O3/c1-3-25-19-12-15(11-16(21)20(19)24-2)13-22-14-17(18-7-6-10-26-18)23-8-4-5-9-23/h6-7,10-12,17,22H,3-5,8-9,13-14H2,1-2H3/t17-/m0/s1. The van der Waals surface area contributed by atoms with Gasteiger partial charge in [-0.2, -0.15) is 0 Å². The fraction of sp³-hybridized carbons (Fsp3) is 0.500. The number of hydrogen-bond donors (Lipinski definition) is 1. The number of furan rings is 1. The summed E-state index contributed by atoms with van der Waals surface area (Å²) >= 11 is 6.34. The smallest absolute Gasteiger partial charge is 0.179 e. The molecule has 5 nitrogen and oxygen atoms in total. The molecule has 1 aliphatic heterocycles. The van der Waals surface area contributed by atoms with Crippen LogP contribution in [0.5, 0.6) is 11.5 Å². The Balaban J connectivity index is 1.66. The van der Waals surface area contributed by atoms with E-state index in [4.69, 9.17) is 25.5 Å². The molecule has 1 aromatic carbocycles. The minimum absolute atomic E-state index is 0.257. The predicted octanol–water partition coefficient (Wildman–Crippen LogP) is 4.27. The third kappa shape index (κ3) is 4.53. The zero-order valence-electron chi connectivity index (χ0n) is 15.5. The number of benzene rings is 1. The molecule has 1 fully saturated rings. The first-order valence-electron chi connectivity index (χ1n) is 9.20. The van der Waals surface area contributed by atoms with E-state index in [0.29, 0.717) is 29.7 Å². The minimum Gasteiger partial charge on any atom is -0.491 e. The summed E-state index contributed by atoms with van der Waals surface area (Å²) in [4.78, 5) is 2.48. The molecule has 0 bridgehead atoms. The molecule has 1 aromatic heterocycles. The van der Waals surface area contributed by atoms with Crippen molar-refractivity contribution in [3.63, 3.8) is 0 Å². The lowest BCUT2D eigenvalue weighted by molar-refractivity contribution is 0.209. The van der Waals surface area contributed by atoms with Gasteiger partial charge in [0.25, 0.3) is 0 Å². The van der Waals surface area contributed by atoms with E-state index in [1.54, 1.807) is 13.4 Å². The Labute approximate surface area is 160 Å². The first-order valence-corrected chi connectivity index (χ1v) is 9.58. The molecule has 1 aliphatic rings. The SMILES string of the molecule is CCOc1cc(CNC[C@@H](c2ccco2)N2CCCC2)cc(Cl)c1OC. The van der Waals surface area contributed by atoms with E-state index >= 15 is 0 Å². The summed E-state index contributed by atoms with van der Waals surface area (Å²) in [5.74, 6) is 2.28. The number of likely N-dealkylation sites (tertiary alicyclic amines) is 1. The molecule has 142 valence electrons. The van der Waals surface area contributed by atoms with Crippen molar-refractivity contribution < 1.29 is 13.9 Å². The van der Waals surface area contributed by atoms with E-state index in [0.717, 1.165) is 31.0 Å². The van der Waals surface area contributed by atoms with E-state index in [-0.39, 0.29) is 6.04 Å². The second-order valence-corrected chi connectivity index (χ2v) is 6.85. The molecule has 0 spiro atoms. The Kier molecular flexibility index (Phi) is 6.83. The molecule has 6 heteroatoms. The van der Waals surface area contributed by atoms with Gasteiger partial charge in [0.05, 0.1) is 31.0 Å². The Morgan fingerprint density at radius 1 is 1.31 bits per heavy atom. The van der Waals surface area contributed by atoms with E-state index in [2.05, 4.69) is 16.3 Å².